The summed E-state index contributed by atoms with van der Waals surface area (Å²) in [4.78, 5) is 46.6. The molecule has 2 aromatic carbocycles. The zero-order chi connectivity index (χ0) is 28.1. The van der Waals surface area contributed by atoms with Crippen LogP contribution in [0.5, 0.6) is 0 Å². The molecule has 0 bridgehead atoms. The molecule has 0 spiro atoms. The smallest absolute Gasteiger partial charge is 0.282 e. The number of carbonyl (C=O) groups excluding carboxylic acids is 2. The summed E-state index contributed by atoms with van der Waals surface area (Å²) >= 11 is 0. The van der Waals surface area contributed by atoms with Gasteiger partial charge in [0.15, 0.2) is 0 Å². The van der Waals surface area contributed by atoms with Crippen LogP contribution in [0.3, 0.4) is 0 Å². The lowest BCUT2D eigenvalue weighted by molar-refractivity contribution is -0.385. The largest absolute Gasteiger partial charge is 0.361 e. The lowest BCUT2D eigenvalue weighted by Crippen LogP contribution is -2.59. The maximum absolute atomic E-state index is 14.2. The van der Waals surface area contributed by atoms with Gasteiger partial charge >= 0.3 is 0 Å². The third kappa shape index (κ3) is 5.73. The first-order valence-corrected chi connectivity index (χ1v) is 13.7. The van der Waals surface area contributed by atoms with Gasteiger partial charge in [0.1, 0.15) is 11.1 Å². The highest BCUT2D eigenvalue weighted by Crippen LogP contribution is 2.34. The van der Waals surface area contributed by atoms with E-state index in [0.29, 0.717) is 0 Å². The monoisotopic (exact) mass is 539 g/mol. The summed E-state index contributed by atoms with van der Waals surface area (Å²) in [6.07, 6.45) is 9.03. The molecule has 0 saturated heterocycles. The number of pyridine rings is 1. The van der Waals surface area contributed by atoms with Gasteiger partial charge in [-0.3, -0.25) is 24.7 Å². The van der Waals surface area contributed by atoms with Gasteiger partial charge in [-0.2, -0.15) is 0 Å². The fourth-order valence-corrected chi connectivity index (χ4v) is 5.74. The highest BCUT2D eigenvalue weighted by Gasteiger charge is 2.40. The number of fused-ring (bicyclic) bond motifs is 1. The van der Waals surface area contributed by atoms with Gasteiger partial charge in [-0.1, -0.05) is 55.7 Å². The minimum Gasteiger partial charge on any atom is -0.361 e. The molecule has 1 aliphatic rings. The van der Waals surface area contributed by atoms with Crippen molar-refractivity contribution in [2.24, 2.45) is 5.92 Å². The second-order valence-electron chi connectivity index (χ2n) is 10.7. The normalized spacial score (nSPS) is 16.1. The van der Waals surface area contributed by atoms with Gasteiger partial charge in [0.05, 0.1) is 16.7 Å². The number of para-hydroxylation sites is 2. The van der Waals surface area contributed by atoms with Crippen molar-refractivity contribution in [1.82, 2.24) is 20.6 Å². The first kappa shape index (κ1) is 27.1. The molecular formula is C31H33N5O4. The molecule has 1 saturated carbocycles. The summed E-state index contributed by atoms with van der Waals surface area (Å²) in [5.74, 6) is -0.835. The molecule has 2 aromatic heterocycles. The number of amides is 2. The van der Waals surface area contributed by atoms with Crippen LogP contribution >= 0.6 is 0 Å². The number of hydrogen-bond donors (Lipinski definition) is 3. The third-order valence-corrected chi connectivity index (χ3v) is 7.87. The van der Waals surface area contributed by atoms with Crippen LogP contribution in [-0.4, -0.2) is 32.2 Å². The maximum atomic E-state index is 14.2. The molecule has 1 aliphatic carbocycles. The predicted molar refractivity (Wildman–Crippen MR) is 153 cm³/mol. The number of nitrogens with one attached hydrogen (secondary N) is 3. The third-order valence-electron chi connectivity index (χ3n) is 7.87. The topological polar surface area (TPSA) is 130 Å². The first-order chi connectivity index (χ1) is 19.4. The Kier molecular flexibility index (Phi) is 7.91. The molecule has 40 heavy (non-hydrogen) atoms. The van der Waals surface area contributed by atoms with Gasteiger partial charge < -0.3 is 15.6 Å². The van der Waals surface area contributed by atoms with Gasteiger partial charge in [0.2, 0.25) is 5.91 Å². The molecule has 4 aromatic rings. The van der Waals surface area contributed by atoms with E-state index < -0.39 is 16.4 Å². The Morgan fingerprint density at radius 2 is 1.77 bits per heavy atom. The molecule has 9 heteroatoms. The van der Waals surface area contributed by atoms with E-state index in [2.05, 4.69) is 20.6 Å². The summed E-state index contributed by atoms with van der Waals surface area (Å²) in [7, 11) is 0. The standard InChI is InChI=1S/C31H33N5O4/c1-31(19-22-20-33-25-15-7-5-13-23(22)25,35-29(37)24-14-6-8-17-27(24)36(39)40)30(38)34-28(21-11-3-2-4-12-21)26-16-9-10-18-32-26/h5-10,13-18,20-21,28,33H,2-4,11-12,19H2,1H3,(H,34,38)(H,35,37)/t28?,31-/m0/s1. The molecule has 2 heterocycles. The number of aromatic nitrogens is 2. The van der Waals surface area contributed by atoms with Crippen LogP contribution in [0, 0.1) is 16.0 Å². The fraction of sp³-hybridized carbons (Fsp3) is 0.323. The van der Waals surface area contributed by atoms with Gasteiger partial charge in [-0.25, -0.2) is 0 Å². The van der Waals surface area contributed by atoms with Crippen molar-refractivity contribution in [3.63, 3.8) is 0 Å². The number of nitro groups is 1. The Bertz CT molecular complexity index is 1510. The average Bonchev–Trinajstić information content (AvgIpc) is 3.38. The quantitative estimate of drug-likeness (QED) is 0.187. The number of nitrogens with zero attached hydrogens (tertiary/aromatic N) is 2. The molecule has 0 aliphatic heterocycles. The van der Waals surface area contributed by atoms with Crippen molar-refractivity contribution in [2.45, 2.75) is 57.0 Å². The second-order valence-corrected chi connectivity index (χ2v) is 10.7. The number of rotatable bonds is 9. The Balaban J connectivity index is 1.50. The van der Waals surface area contributed by atoms with Crippen molar-refractivity contribution in [3.8, 4) is 0 Å². The number of hydrogen-bond acceptors (Lipinski definition) is 5. The molecule has 206 valence electrons. The van der Waals surface area contributed by atoms with E-state index in [1.54, 1.807) is 19.2 Å². The van der Waals surface area contributed by atoms with E-state index in [0.717, 1.165) is 47.8 Å². The van der Waals surface area contributed by atoms with Crippen molar-refractivity contribution in [1.29, 1.82) is 0 Å². The number of carbonyl (C=O) groups is 2. The van der Waals surface area contributed by atoms with E-state index in [1.807, 2.05) is 48.7 Å². The highest BCUT2D eigenvalue weighted by atomic mass is 16.6. The summed E-state index contributed by atoms with van der Waals surface area (Å²) in [6, 6.07) is 18.9. The van der Waals surface area contributed by atoms with Crippen molar-refractivity contribution in [3.05, 3.63) is 106 Å². The first-order valence-electron chi connectivity index (χ1n) is 13.7. The summed E-state index contributed by atoms with van der Waals surface area (Å²) < 4.78 is 0. The van der Waals surface area contributed by atoms with Crippen LogP contribution in [0.25, 0.3) is 10.9 Å². The van der Waals surface area contributed by atoms with Crippen LogP contribution in [0.4, 0.5) is 5.69 Å². The van der Waals surface area contributed by atoms with Gasteiger partial charge in [-0.05, 0) is 55.5 Å². The van der Waals surface area contributed by atoms with Crippen LogP contribution < -0.4 is 10.6 Å². The highest BCUT2D eigenvalue weighted by molar-refractivity contribution is 6.02. The average molecular weight is 540 g/mol. The summed E-state index contributed by atoms with van der Waals surface area (Å²) in [6.45, 7) is 1.67. The minimum absolute atomic E-state index is 0.0981. The fourth-order valence-electron chi connectivity index (χ4n) is 5.74. The number of nitro benzene ring substituents is 1. The van der Waals surface area contributed by atoms with Gasteiger partial charge in [-0.15, -0.1) is 0 Å². The minimum atomic E-state index is -1.42. The van der Waals surface area contributed by atoms with Crippen LogP contribution in [0.1, 0.15) is 66.7 Å². The van der Waals surface area contributed by atoms with Crippen LogP contribution in [0.15, 0.2) is 79.1 Å². The van der Waals surface area contributed by atoms with E-state index >= 15 is 0 Å². The van der Waals surface area contributed by atoms with Crippen molar-refractivity contribution >= 4 is 28.4 Å². The van der Waals surface area contributed by atoms with E-state index in [9.17, 15) is 19.7 Å². The Hall–Kier alpha value is -4.53. The molecule has 1 unspecified atom stereocenters. The molecule has 5 rings (SSSR count). The molecule has 1 fully saturated rings. The predicted octanol–water partition coefficient (Wildman–Crippen LogP) is 5.64. The molecule has 9 nitrogen and oxygen atoms in total. The van der Waals surface area contributed by atoms with E-state index in [-0.39, 0.29) is 35.5 Å². The van der Waals surface area contributed by atoms with Gasteiger partial charge in [0, 0.05) is 35.8 Å². The molecule has 0 radical (unpaired) electrons. The lowest BCUT2D eigenvalue weighted by atomic mass is 9.81. The molecule has 3 N–H and O–H groups in total. The summed E-state index contributed by atoms with van der Waals surface area (Å²) in [5, 5.41) is 18.7. The van der Waals surface area contributed by atoms with Gasteiger partial charge in [0.25, 0.3) is 11.6 Å². The summed E-state index contributed by atoms with van der Waals surface area (Å²) in [5.41, 5.74) is 0.708. The Morgan fingerprint density at radius 3 is 2.52 bits per heavy atom. The Labute approximate surface area is 232 Å². The SMILES string of the molecule is C[C@@](Cc1c[nH]c2ccccc12)(NC(=O)c1ccccc1[N+](=O)[O-])C(=O)NC(c1ccccn1)C1CCCCC1. The maximum Gasteiger partial charge on any atom is 0.282 e. The number of benzene rings is 2. The zero-order valence-electron chi connectivity index (χ0n) is 22.4. The second kappa shape index (κ2) is 11.7. The molecule has 2 amide bonds. The van der Waals surface area contributed by atoms with E-state index in [4.69, 9.17) is 0 Å². The zero-order valence-corrected chi connectivity index (χ0v) is 22.4. The van der Waals surface area contributed by atoms with Crippen LogP contribution in [0.2, 0.25) is 0 Å². The van der Waals surface area contributed by atoms with Crippen LogP contribution in [-0.2, 0) is 11.2 Å². The Morgan fingerprint density at radius 1 is 1.05 bits per heavy atom. The molecular weight excluding hydrogens is 506 g/mol. The lowest BCUT2D eigenvalue weighted by Gasteiger charge is -2.35. The van der Waals surface area contributed by atoms with Crippen molar-refractivity contribution < 1.29 is 14.5 Å². The number of H-pyrrole nitrogens is 1. The number of aromatic amines is 1. The molecule has 2 atom stereocenters. The van der Waals surface area contributed by atoms with Crippen molar-refractivity contribution in [2.75, 3.05) is 0 Å². The van der Waals surface area contributed by atoms with E-state index in [1.165, 1.54) is 24.6 Å².